The molecule has 3 N–H and O–H groups in total. The number of nitrogen functional groups attached to an aromatic ring is 1. The Hall–Kier alpha value is -2.63. The van der Waals surface area contributed by atoms with Crippen molar-refractivity contribution in [3.8, 4) is 0 Å². The van der Waals surface area contributed by atoms with Crippen LogP contribution in [0.3, 0.4) is 0 Å². The summed E-state index contributed by atoms with van der Waals surface area (Å²) in [4.78, 5) is 23.2. The van der Waals surface area contributed by atoms with Crippen molar-refractivity contribution in [2.24, 2.45) is 0 Å². The lowest BCUT2D eigenvalue weighted by atomic mass is 10.1. The van der Waals surface area contributed by atoms with Gasteiger partial charge in [-0.15, -0.1) is 0 Å². The fourth-order valence-electron chi connectivity index (χ4n) is 1.27. The summed E-state index contributed by atoms with van der Waals surface area (Å²) in [6, 6.07) is 7.82. The summed E-state index contributed by atoms with van der Waals surface area (Å²) in [5.74, 6) is -1.27. The molecule has 0 aliphatic rings. The number of carbonyl (C=O) groups is 2. The number of amides is 2. The van der Waals surface area contributed by atoms with Gasteiger partial charge in [-0.1, -0.05) is 17.3 Å². The maximum atomic E-state index is 11.7. The van der Waals surface area contributed by atoms with E-state index in [4.69, 9.17) is 5.73 Å². The van der Waals surface area contributed by atoms with Crippen LogP contribution < -0.4 is 11.1 Å². The van der Waals surface area contributed by atoms with Crippen LogP contribution in [-0.4, -0.2) is 17.0 Å². The van der Waals surface area contributed by atoms with Gasteiger partial charge in [0.1, 0.15) is 0 Å². The number of nitrogens with zero attached hydrogens (tertiary/aromatic N) is 1. The van der Waals surface area contributed by atoms with Crippen molar-refractivity contribution < 1.29 is 14.1 Å². The summed E-state index contributed by atoms with van der Waals surface area (Å²) in [5, 5.41) is 5.52. The average molecular weight is 231 g/mol. The first-order chi connectivity index (χ1) is 8.18. The first-order valence-electron chi connectivity index (χ1n) is 4.79. The third-order valence-electron chi connectivity index (χ3n) is 2.09. The summed E-state index contributed by atoms with van der Waals surface area (Å²) < 4.78 is 4.62. The van der Waals surface area contributed by atoms with Crippen LogP contribution in [0.25, 0.3) is 0 Å². The van der Waals surface area contributed by atoms with Gasteiger partial charge in [-0.25, -0.2) is 0 Å². The lowest BCUT2D eigenvalue weighted by molar-refractivity contribution is 0.0827. The van der Waals surface area contributed by atoms with Gasteiger partial charge < -0.3 is 10.3 Å². The molecule has 0 saturated heterocycles. The van der Waals surface area contributed by atoms with Crippen LogP contribution in [0, 0.1) is 0 Å². The summed E-state index contributed by atoms with van der Waals surface area (Å²) in [5.41, 5.74) is 6.15. The van der Waals surface area contributed by atoms with E-state index in [0.29, 0.717) is 5.69 Å². The number of rotatable bonds is 2. The predicted molar refractivity (Wildman–Crippen MR) is 59.2 cm³/mol. The molecule has 1 heterocycles. The van der Waals surface area contributed by atoms with Crippen LogP contribution in [-0.2, 0) is 0 Å². The smallest absolute Gasteiger partial charge is 0.296 e. The fourth-order valence-corrected chi connectivity index (χ4v) is 1.27. The molecule has 0 bridgehead atoms. The molecule has 0 fully saturated rings. The number of benzene rings is 1. The molecule has 2 aromatic rings. The van der Waals surface area contributed by atoms with Gasteiger partial charge in [0.15, 0.2) is 0 Å². The molecule has 2 amide bonds. The fraction of sp³-hybridized carbons (Fsp3) is 0. The van der Waals surface area contributed by atoms with Crippen molar-refractivity contribution in [3.63, 3.8) is 0 Å². The zero-order chi connectivity index (χ0) is 12.3. The van der Waals surface area contributed by atoms with Gasteiger partial charge in [-0.3, -0.25) is 14.9 Å². The Bertz CT molecular complexity index is 549. The maximum absolute atomic E-state index is 11.7. The van der Waals surface area contributed by atoms with E-state index in [1.807, 2.05) is 0 Å². The molecule has 0 aliphatic heterocycles. The predicted octanol–water partition coefficient (Wildman–Crippen LogP) is 0.827. The minimum absolute atomic E-state index is 0.0344. The first kappa shape index (κ1) is 10.9. The number of aromatic nitrogens is 1. The lowest BCUT2D eigenvalue weighted by Gasteiger charge is -2.04. The second kappa shape index (κ2) is 4.48. The van der Waals surface area contributed by atoms with E-state index in [-0.39, 0.29) is 11.3 Å². The third-order valence-corrected chi connectivity index (χ3v) is 2.09. The van der Waals surface area contributed by atoms with E-state index in [0.717, 1.165) is 0 Å². The van der Waals surface area contributed by atoms with E-state index in [2.05, 4.69) is 15.0 Å². The number of carbonyl (C=O) groups excluding carboxylic acids is 2. The van der Waals surface area contributed by atoms with Crippen LogP contribution in [0.4, 0.5) is 5.69 Å². The lowest BCUT2D eigenvalue weighted by Crippen LogP contribution is -2.30. The van der Waals surface area contributed by atoms with E-state index < -0.39 is 11.8 Å². The van der Waals surface area contributed by atoms with Crippen molar-refractivity contribution in [3.05, 3.63) is 47.9 Å². The molecule has 0 saturated carbocycles. The van der Waals surface area contributed by atoms with E-state index in [9.17, 15) is 9.59 Å². The van der Waals surface area contributed by atoms with Gasteiger partial charge >= 0.3 is 0 Å². The highest BCUT2D eigenvalue weighted by molar-refractivity contribution is 6.11. The number of hydrogen-bond acceptors (Lipinski definition) is 5. The normalized spacial score (nSPS) is 9.88. The molecule has 0 aliphatic carbocycles. The second-order valence-electron chi connectivity index (χ2n) is 3.25. The zero-order valence-electron chi connectivity index (χ0n) is 8.71. The van der Waals surface area contributed by atoms with E-state index >= 15 is 0 Å². The number of nitrogens with two attached hydrogens (primary N) is 1. The molecule has 0 spiro atoms. The van der Waals surface area contributed by atoms with Crippen molar-refractivity contribution in [1.82, 2.24) is 10.5 Å². The summed E-state index contributed by atoms with van der Waals surface area (Å²) >= 11 is 0. The zero-order valence-corrected chi connectivity index (χ0v) is 8.71. The van der Waals surface area contributed by atoms with Crippen LogP contribution >= 0.6 is 0 Å². The van der Waals surface area contributed by atoms with E-state index in [1.54, 1.807) is 18.2 Å². The Morgan fingerprint density at radius 1 is 1.18 bits per heavy atom. The van der Waals surface area contributed by atoms with Gasteiger partial charge in [0.25, 0.3) is 11.8 Å². The highest BCUT2D eigenvalue weighted by Crippen LogP contribution is 2.10. The van der Waals surface area contributed by atoms with Gasteiger partial charge in [0.2, 0.25) is 5.76 Å². The molecule has 6 nitrogen and oxygen atoms in total. The number of anilines is 1. The number of nitrogens with one attached hydrogen (secondary N) is 1. The van der Waals surface area contributed by atoms with Gasteiger partial charge in [-0.05, 0) is 12.1 Å². The van der Waals surface area contributed by atoms with Crippen LogP contribution in [0.5, 0.6) is 0 Å². The average Bonchev–Trinajstić information content (AvgIpc) is 2.82. The van der Waals surface area contributed by atoms with Gasteiger partial charge in [0.05, 0.1) is 11.8 Å². The van der Waals surface area contributed by atoms with Gasteiger partial charge in [0, 0.05) is 11.8 Å². The maximum Gasteiger partial charge on any atom is 0.296 e. The van der Waals surface area contributed by atoms with Crippen LogP contribution in [0.2, 0.25) is 0 Å². The molecular formula is C11H9N3O3. The SMILES string of the molecule is Nc1ccccc1C(=O)NC(=O)c1ccno1. The molecule has 6 heteroatoms. The molecule has 1 aromatic heterocycles. The first-order valence-corrected chi connectivity index (χ1v) is 4.79. The monoisotopic (exact) mass is 231 g/mol. The van der Waals surface area contributed by atoms with Gasteiger partial charge in [-0.2, -0.15) is 0 Å². The molecule has 86 valence electrons. The van der Waals surface area contributed by atoms with Crippen molar-refractivity contribution in [2.45, 2.75) is 0 Å². The second-order valence-corrected chi connectivity index (χ2v) is 3.25. The molecule has 17 heavy (non-hydrogen) atoms. The minimum atomic E-state index is -0.657. The number of hydrogen-bond donors (Lipinski definition) is 2. The van der Waals surface area contributed by atoms with Crippen molar-refractivity contribution in [2.75, 3.05) is 5.73 Å². The van der Waals surface area contributed by atoms with E-state index in [1.165, 1.54) is 18.3 Å². The summed E-state index contributed by atoms with van der Waals surface area (Å²) in [6.07, 6.45) is 1.32. The molecule has 1 aromatic carbocycles. The topological polar surface area (TPSA) is 98.2 Å². The Labute approximate surface area is 96.4 Å². The Morgan fingerprint density at radius 3 is 2.59 bits per heavy atom. The minimum Gasteiger partial charge on any atom is -0.398 e. The van der Waals surface area contributed by atoms with Crippen LogP contribution in [0.1, 0.15) is 20.9 Å². The largest absolute Gasteiger partial charge is 0.398 e. The van der Waals surface area contributed by atoms with Crippen molar-refractivity contribution in [1.29, 1.82) is 0 Å². The Balaban J connectivity index is 2.13. The van der Waals surface area contributed by atoms with Crippen molar-refractivity contribution >= 4 is 17.5 Å². The highest BCUT2D eigenvalue weighted by Gasteiger charge is 2.16. The molecular weight excluding hydrogens is 222 g/mol. The standard InChI is InChI=1S/C11H9N3O3/c12-8-4-2-1-3-7(8)10(15)14-11(16)9-5-6-13-17-9/h1-6H,12H2,(H,14,15,16). The summed E-state index contributed by atoms with van der Waals surface area (Å²) in [7, 11) is 0. The number of imide groups is 1. The molecule has 2 rings (SSSR count). The molecule has 0 unspecified atom stereocenters. The Kier molecular flexibility index (Phi) is 2.87. The Morgan fingerprint density at radius 2 is 1.94 bits per heavy atom. The molecule has 0 radical (unpaired) electrons. The molecule has 0 atom stereocenters. The summed E-state index contributed by atoms with van der Waals surface area (Å²) in [6.45, 7) is 0. The van der Waals surface area contributed by atoms with Crippen LogP contribution in [0.15, 0.2) is 41.1 Å². The number of para-hydroxylation sites is 1. The highest BCUT2D eigenvalue weighted by atomic mass is 16.5. The third kappa shape index (κ3) is 2.31. The quantitative estimate of drug-likeness (QED) is 0.589.